The Balaban J connectivity index is 1.51. The number of benzene rings is 1. The van der Waals surface area contributed by atoms with Crippen molar-refractivity contribution in [1.29, 1.82) is 0 Å². The zero-order valence-corrected chi connectivity index (χ0v) is 13.3. The van der Waals surface area contributed by atoms with E-state index in [2.05, 4.69) is 20.0 Å². The van der Waals surface area contributed by atoms with Gasteiger partial charge in [-0.2, -0.15) is 5.10 Å². The maximum absolute atomic E-state index is 13.3. The minimum atomic E-state index is -0.244. The first-order chi connectivity index (χ1) is 11.2. The first-order valence-corrected chi connectivity index (χ1v) is 8.14. The van der Waals surface area contributed by atoms with Gasteiger partial charge in [0.2, 0.25) is 0 Å². The van der Waals surface area contributed by atoms with Crippen molar-refractivity contribution < 1.29 is 4.39 Å². The predicted molar refractivity (Wildman–Crippen MR) is 86.8 cm³/mol. The van der Waals surface area contributed by atoms with Gasteiger partial charge in [-0.3, -0.25) is 9.58 Å². The van der Waals surface area contributed by atoms with Gasteiger partial charge in [-0.1, -0.05) is 11.6 Å². The standard InChI is InChI=1S/C16H17ClFN5/c17-11-9-19-23(10-11)7-6-22-5-1-2-15(22)16-20-13-4-3-12(18)8-14(13)21-16/h3-4,8-10,15H,1-2,5-7H2,(H,20,21)/t15-/m1/s1. The van der Waals surface area contributed by atoms with Crippen molar-refractivity contribution in [3.63, 3.8) is 0 Å². The highest BCUT2D eigenvalue weighted by molar-refractivity contribution is 6.30. The lowest BCUT2D eigenvalue weighted by Gasteiger charge is -2.22. The molecule has 1 aliphatic rings. The highest BCUT2D eigenvalue weighted by Crippen LogP contribution is 2.31. The molecule has 1 atom stereocenters. The second kappa shape index (κ2) is 5.94. The normalized spacial score (nSPS) is 19.0. The number of hydrogen-bond donors (Lipinski definition) is 1. The molecule has 1 N–H and O–H groups in total. The van der Waals surface area contributed by atoms with Crippen LogP contribution in [-0.4, -0.2) is 37.7 Å². The van der Waals surface area contributed by atoms with Crippen LogP contribution in [0, 0.1) is 5.82 Å². The van der Waals surface area contributed by atoms with E-state index < -0.39 is 0 Å². The van der Waals surface area contributed by atoms with E-state index in [0.29, 0.717) is 5.02 Å². The molecular formula is C16H17ClFN5. The molecule has 23 heavy (non-hydrogen) atoms. The van der Waals surface area contributed by atoms with Crippen LogP contribution >= 0.6 is 11.6 Å². The van der Waals surface area contributed by atoms with Crippen molar-refractivity contribution in [2.45, 2.75) is 25.4 Å². The fourth-order valence-electron chi connectivity index (χ4n) is 3.25. The van der Waals surface area contributed by atoms with Gasteiger partial charge in [0.15, 0.2) is 0 Å². The molecule has 0 amide bonds. The number of aromatic amines is 1. The first-order valence-electron chi connectivity index (χ1n) is 7.76. The predicted octanol–water partition coefficient (Wildman–Crippen LogP) is 3.39. The van der Waals surface area contributed by atoms with Crippen LogP contribution in [0.5, 0.6) is 0 Å². The van der Waals surface area contributed by atoms with Crippen LogP contribution in [0.1, 0.15) is 24.7 Å². The molecule has 0 radical (unpaired) electrons. The third-order valence-electron chi connectivity index (χ3n) is 4.36. The van der Waals surface area contributed by atoms with E-state index in [1.165, 1.54) is 12.1 Å². The Hall–Kier alpha value is -1.92. The third kappa shape index (κ3) is 2.96. The summed E-state index contributed by atoms with van der Waals surface area (Å²) in [6.45, 7) is 2.71. The molecule has 5 nitrogen and oxygen atoms in total. The molecule has 1 aliphatic heterocycles. The van der Waals surface area contributed by atoms with Gasteiger partial charge in [0.1, 0.15) is 11.6 Å². The molecule has 0 spiro atoms. The molecule has 0 bridgehead atoms. The van der Waals surface area contributed by atoms with Crippen LogP contribution in [0.4, 0.5) is 4.39 Å². The monoisotopic (exact) mass is 333 g/mol. The van der Waals surface area contributed by atoms with Crippen LogP contribution in [0.3, 0.4) is 0 Å². The fraction of sp³-hybridized carbons (Fsp3) is 0.375. The summed E-state index contributed by atoms with van der Waals surface area (Å²) in [7, 11) is 0. The molecule has 3 aromatic rings. The van der Waals surface area contributed by atoms with Gasteiger partial charge in [0, 0.05) is 12.7 Å². The van der Waals surface area contributed by atoms with Crippen molar-refractivity contribution in [3.8, 4) is 0 Å². The van der Waals surface area contributed by atoms with Gasteiger partial charge >= 0.3 is 0 Å². The molecular weight excluding hydrogens is 317 g/mol. The number of fused-ring (bicyclic) bond motifs is 1. The number of nitrogens with one attached hydrogen (secondary N) is 1. The second-order valence-corrected chi connectivity index (χ2v) is 6.34. The molecule has 120 valence electrons. The average Bonchev–Trinajstić information content (AvgIpc) is 3.22. The van der Waals surface area contributed by atoms with E-state index in [9.17, 15) is 4.39 Å². The molecule has 1 aromatic carbocycles. The van der Waals surface area contributed by atoms with Gasteiger partial charge in [0.25, 0.3) is 0 Å². The Labute approximate surface area is 138 Å². The average molecular weight is 334 g/mol. The maximum atomic E-state index is 13.3. The van der Waals surface area contributed by atoms with E-state index >= 15 is 0 Å². The van der Waals surface area contributed by atoms with Gasteiger partial charge in [-0.25, -0.2) is 9.37 Å². The summed E-state index contributed by atoms with van der Waals surface area (Å²) in [5.74, 6) is 0.674. The zero-order chi connectivity index (χ0) is 15.8. The minimum Gasteiger partial charge on any atom is -0.341 e. The van der Waals surface area contributed by atoms with Crippen molar-refractivity contribution in [2.75, 3.05) is 13.1 Å². The summed E-state index contributed by atoms with van der Waals surface area (Å²) in [6.07, 6.45) is 5.67. The SMILES string of the molecule is Fc1ccc2nc([C@H]3CCCN3CCn3cc(Cl)cn3)[nH]c2c1. The molecule has 0 unspecified atom stereocenters. The lowest BCUT2D eigenvalue weighted by molar-refractivity contribution is 0.236. The second-order valence-electron chi connectivity index (χ2n) is 5.90. The minimum absolute atomic E-state index is 0.244. The van der Waals surface area contributed by atoms with Crippen LogP contribution in [-0.2, 0) is 6.54 Å². The van der Waals surface area contributed by atoms with E-state index in [1.54, 1.807) is 12.3 Å². The molecule has 1 fully saturated rings. The van der Waals surface area contributed by atoms with Crippen LogP contribution in [0.25, 0.3) is 11.0 Å². The van der Waals surface area contributed by atoms with E-state index in [0.717, 1.165) is 49.3 Å². The molecule has 4 rings (SSSR count). The summed E-state index contributed by atoms with van der Waals surface area (Å²) in [4.78, 5) is 10.3. The summed E-state index contributed by atoms with van der Waals surface area (Å²) in [5, 5.41) is 4.87. The smallest absolute Gasteiger partial charge is 0.125 e. The van der Waals surface area contributed by atoms with E-state index in [-0.39, 0.29) is 11.9 Å². The number of rotatable bonds is 4. The molecule has 3 heterocycles. The van der Waals surface area contributed by atoms with Gasteiger partial charge in [-0.05, 0) is 37.6 Å². The Morgan fingerprint density at radius 2 is 2.26 bits per heavy atom. The molecule has 7 heteroatoms. The number of nitrogens with zero attached hydrogens (tertiary/aromatic N) is 4. The number of halogens is 2. The maximum Gasteiger partial charge on any atom is 0.125 e. The Morgan fingerprint density at radius 1 is 1.35 bits per heavy atom. The van der Waals surface area contributed by atoms with Crippen molar-refractivity contribution >= 4 is 22.6 Å². The number of H-pyrrole nitrogens is 1. The molecule has 0 aliphatic carbocycles. The topological polar surface area (TPSA) is 49.7 Å². The third-order valence-corrected chi connectivity index (χ3v) is 4.55. The van der Waals surface area contributed by atoms with Crippen LogP contribution in [0.2, 0.25) is 5.02 Å². The highest BCUT2D eigenvalue weighted by atomic mass is 35.5. The number of aromatic nitrogens is 4. The highest BCUT2D eigenvalue weighted by Gasteiger charge is 2.28. The summed E-state index contributed by atoms with van der Waals surface area (Å²) in [6, 6.07) is 4.91. The number of hydrogen-bond acceptors (Lipinski definition) is 3. The summed E-state index contributed by atoms with van der Waals surface area (Å²) < 4.78 is 15.2. The van der Waals surface area contributed by atoms with Crippen LogP contribution < -0.4 is 0 Å². The Kier molecular flexibility index (Phi) is 3.79. The van der Waals surface area contributed by atoms with Crippen molar-refractivity contribution in [2.24, 2.45) is 0 Å². The van der Waals surface area contributed by atoms with Gasteiger partial charge in [-0.15, -0.1) is 0 Å². The lowest BCUT2D eigenvalue weighted by atomic mass is 10.2. The number of likely N-dealkylation sites (tertiary alicyclic amines) is 1. The Morgan fingerprint density at radius 3 is 3.09 bits per heavy atom. The summed E-state index contributed by atoms with van der Waals surface area (Å²) >= 11 is 5.90. The Bertz CT molecular complexity index is 827. The molecule has 1 saturated heterocycles. The summed E-state index contributed by atoms with van der Waals surface area (Å²) in [5.41, 5.74) is 1.57. The van der Waals surface area contributed by atoms with E-state index in [1.807, 2.05) is 10.9 Å². The largest absolute Gasteiger partial charge is 0.341 e. The fourth-order valence-corrected chi connectivity index (χ4v) is 3.41. The van der Waals surface area contributed by atoms with Crippen LogP contribution in [0.15, 0.2) is 30.6 Å². The lowest BCUT2D eigenvalue weighted by Crippen LogP contribution is -2.28. The van der Waals surface area contributed by atoms with Gasteiger partial charge in [0.05, 0.1) is 34.8 Å². The zero-order valence-electron chi connectivity index (χ0n) is 12.5. The van der Waals surface area contributed by atoms with Crippen molar-refractivity contribution in [3.05, 3.63) is 47.3 Å². The quantitative estimate of drug-likeness (QED) is 0.796. The molecule has 2 aromatic heterocycles. The van der Waals surface area contributed by atoms with Crippen molar-refractivity contribution in [1.82, 2.24) is 24.6 Å². The number of imidazole rings is 1. The van der Waals surface area contributed by atoms with Gasteiger partial charge < -0.3 is 4.98 Å². The van der Waals surface area contributed by atoms with E-state index in [4.69, 9.17) is 11.6 Å². The first kappa shape index (κ1) is 14.7. The molecule has 0 saturated carbocycles.